The SMILES string of the molecule is Cc1cc(Cl)nc(NS(=O)(=O)c2ccc([N+](=O)[O-])nc2)n1. The molecule has 9 nitrogen and oxygen atoms in total. The van der Waals surface area contributed by atoms with E-state index < -0.39 is 20.8 Å². The molecule has 0 spiro atoms. The van der Waals surface area contributed by atoms with Gasteiger partial charge in [0, 0.05) is 11.8 Å². The van der Waals surface area contributed by atoms with Gasteiger partial charge in [-0.3, -0.25) is 0 Å². The van der Waals surface area contributed by atoms with E-state index in [1.165, 1.54) is 6.07 Å². The molecule has 21 heavy (non-hydrogen) atoms. The lowest BCUT2D eigenvalue weighted by Gasteiger charge is -2.06. The van der Waals surface area contributed by atoms with Gasteiger partial charge in [-0.15, -0.1) is 0 Å². The summed E-state index contributed by atoms with van der Waals surface area (Å²) >= 11 is 5.71. The Morgan fingerprint density at radius 2 is 2.05 bits per heavy atom. The van der Waals surface area contributed by atoms with Crippen LogP contribution in [0, 0.1) is 17.0 Å². The average Bonchev–Trinajstić information content (AvgIpc) is 2.37. The molecular formula is C10H8ClN5O4S. The minimum Gasteiger partial charge on any atom is -0.358 e. The summed E-state index contributed by atoms with van der Waals surface area (Å²) < 4.78 is 26.2. The summed E-state index contributed by atoms with van der Waals surface area (Å²) in [6, 6.07) is 3.51. The van der Waals surface area contributed by atoms with E-state index in [2.05, 4.69) is 19.7 Å². The molecule has 2 heterocycles. The van der Waals surface area contributed by atoms with Gasteiger partial charge in [-0.05, 0) is 29.0 Å². The summed E-state index contributed by atoms with van der Waals surface area (Å²) in [5.41, 5.74) is 0.481. The highest BCUT2D eigenvalue weighted by Gasteiger charge is 2.19. The first-order valence-corrected chi connectivity index (χ1v) is 7.28. The van der Waals surface area contributed by atoms with Gasteiger partial charge in [0.25, 0.3) is 10.0 Å². The van der Waals surface area contributed by atoms with E-state index in [0.717, 1.165) is 18.3 Å². The molecule has 0 radical (unpaired) electrons. The number of halogens is 1. The Balaban J connectivity index is 2.31. The zero-order chi connectivity index (χ0) is 15.6. The van der Waals surface area contributed by atoms with Gasteiger partial charge in [-0.25, -0.2) is 23.1 Å². The molecule has 0 aliphatic rings. The molecule has 0 unspecified atom stereocenters. The van der Waals surface area contributed by atoms with Crippen LogP contribution in [0.3, 0.4) is 0 Å². The fraction of sp³-hybridized carbons (Fsp3) is 0.100. The fourth-order valence-electron chi connectivity index (χ4n) is 1.39. The summed E-state index contributed by atoms with van der Waals surface area (Å²) in [6.45, 7) is 1.62. The smallest absolute Gasteiger partial charge is 0.358 e. The molecule has 2 aromatic heterocycles. The van der Waals surface area contributed by atoms with Gasteiger partial charge in [0.05, 0.1) is 0 Å². The Hall–Kier alpha value is -2.33. The van der Waals surface area contributed by atoms with Crippen LogP contribution >= 0.6 is 11.6 Å². The molecule has 0 saturated heterocycles. The second-order valence-corrected chi connectivity index (χ2v) is 5.94. The van der Waals surface area contributed by atoms with Crippen molar-refractivity contribution in [2.24, 2.45) is 0 Å². The number of pyridine rings is 1. The first-order chi connectivity index (χ1) is 9.78. The Morgan fingerprint density at radius 1 is 1.33 bits per heavy atom. The van der Waals surface area contributed by atoms with Gasteiger partial charge in [0.15, 0.2) is 6.20 Å². The molecule has 0 bridgehead atoms. The van der Waals surface area contributed by atoms with E-state index in [4.69, 9.17) is 11.6 Å². The van der Waals surface area contributed by atoms with E-state index in [0.29, 0.717) is 5.69 Å². The van der Waals surface area contributed by atoms with Crippen LogP contribution in [-0.4, -0.2) is 28.3 Å². The number of aromatic nitrogens is 3. The van der Waals surface area contributed by atoms with Crippen LogP contribution in [0.15, 0.2) is 29.3 Å². The highest BCUT2D eigenvalue weighted by molar-refractivity contribution is 7.92. The third kappa shape index (κ3) is 3.61. The van der Waals surface area contributed by atoms with Gasteiger partial charge in [-0.1, -0.05) is 11.6 Å². The number of sulfonamides is 1. The first kappa shape index (κ1) is 15.1. The monoisotopic (exact) mass is 329 g/mol. The molecule has 11 heteroatoms. The summed E-state index contributed by atoms with van der Waals surface area (Å²) in [6.07, 6.45) is 0.873. The number of anilines is 1. The predicted molar refractivity (Wildman–Crippen MR) is 73.5 cm³/mol. The maximum Gasteiger partial charge on any atom is 0.363 e. The molecule has 0 saturated carbocycles. The number of hydrogen-bond acceptors (Lipinski definition) is 7. The van der Waals surface area contributed by atoms with Crippen molar-refractivity contribution < 1.29 is 13.3 Å². The van der Waals surface area contributed by atoms with Crippen LogP contribution in [0.25, 0.3) is 0 Å². The van der Waals surface area contributed by atoms with Crippen molar-refractivity contribution in [1.82, 2.24) is 15.0 Å². The molecule has 0 aromatic carbocycles. The van der Waals surface area contributed by atoms with Crippen LogP contribution in [0.2, 0.25) is 5.15 Å². The van der Waals surface area contributed by atoms with Gasteiger partial charge in [0.1, 0.15) is 10.0 Å². The van der Waals surface area contributed by atoms with E-state index >= 15 is 0 Å². The molecule has 0 amide bonds. The molecule has 0 aliphatic heterocycles. The number of rotatable bonds is 4. The normalized spacial score (nSPS) is 11.1. The van der Waals surface area contributed by atoms with Crippen LogP contribution in [0.5, 0.6) is 0 Å². The van der Waals surface area contributed by atoms with Crippen molar-refractivity contribution in [1.29, 1.82) is 0 Å². The number of nitro groups is 1. The zero-order valence-corrected chi connectivity index (χ0v) is 12.1. The molecule has 0 aliphatic carbocycles. The molecule has 2 aromatic rings. The highest BCUT2D eigenvalue weighted by atomic mass is 35.5. The molecular weight excluding hydrogens is 322 g/mol. The largest absolute Gasteiger partial charge is 0.363 e. The zero-order valence-electron chi connectivity index (χ0n) is 10.5. The topological polar surface area (TPSA) is 128 Å². The second kappa shape index (κ2) is 5.58. The van der Waals surface area contributed by atoms with E-state index in [1.807, 2.05) is 0 Å². The lowest BCUT2D eigenvalue weighted by atomic mass is 10.5. The van der Waals surface area contributed by atoms with Crippen LogP contribution in [0.1, 0.15) is 5.69 Å². The van der Waals surface area contributed by atoms with Crippen molar-refractivity contribution in [2.45, 2.75) is 11.8 Å². The van der Waals surface area contributed by atoms with Crippen molar-refractivity contribution in [3.63, 3.8) is 0 Å². The first-order valence-electron chi connectivity index (χ1n) is 5.42. The highest BCUT2D eigenvalue weighted by Crippen LogP contribution is 2.16. The lowest BCUT2D eigenvalue weighted by molar-refractivity contribution is -0.389. The van der Waals surface area contributed by atoms with Crippen LogP contribution < -0.4 is 4.72 Å². The second-order valence-electron chi connectivity index (χ2n) is 3.87. The number of hydrogen-bond donors (Lipinski definition) is 1. The summed E-state index contributed by atoms with van der Waals surface area (Å²) in [7, 11) is -4.01. The summed E-state index contributed by atoms with van der Waals surface area (Å²) in [5.74, 6) is -0.651. The minimum atomic E-state index is -4.01. The molecule has 110 valence electrons. The van der Waals surface area contributed by atoms with Crippen LogP contribution in [-0.2, 0) is 10.0 Å². The van der Waals surface area contributed by atoms with Gasteiger partial charge in [-0.2, -0.15) is 0 Å². The third-order valence-corrected chi connectivity index (χ3v) is 3.77. The minimum absolute atomic E-state index is 0.0852. The van der Waals surface area contributed by atoms with Gasteiger partial charge in [0.2, 0.25) is 5.95 Å². The van der Waals surface area contributed by atoms with Crippen LogP contribution in [0.4, 0.5) is 11.8 Å². The van der Waals surface area contributed by atoms with Gasteiger partial charge >= 0.3 is 5.82 Å². The number of nitrogens with zero attached hydrogens (tertiary/aromatic N) is 4. The van der Waals surface area contributed by atoms with Crippen molar-refractivity contribution in [3.8, 4) is 0 Å². The Morgan fingerprint density at radius 3 is 2.57 bits per heavy atom. The standard InChI is InChI=1S/C10H8ClN5O4S/c1-6-4-8(11)14-10(13-6)15-21(19,20)7-2-3-9(12-5-7)16(17)18/h2-5H,1H3,(H,13,14,15). The van der Waals surface area contributed by atoms with Crippen molar-refractivity contribution in [3.05, 3.63) is 45.4 Å². The number of aryl methyl sites for hydroxylation is 1. The van der Waals surface area contributed by atoms with Crippen molar-refractivity contribution in [2.75, 3.05) is 4.72 Å². The predicted octanol–water partition coefficient (Wildman–Crippen LogP) is 1.54. The molecule has 1 N–H and O–H groups in total. The maximum atomic E-state index is 12.1. The molecule has 0 fully saturated rings. The summed E-state index contributed by atoms with van der Waals surface area (Å²) in [4.78, 5) is 20.5. The fourth-order valence-corrected chi connectivity index (χ4v) is 2.52. The van der Waals surface area contributed by atoms with Crippen molar-refractivity contribution >= 4 is 33.4 Å². The Bertz CT molecular complexity index is 773. The Kier molecular flexibility index (Phi) is 4.00. The average molecular weight is 330 g/mol. The van der Waals surface area contributed by atoms with Gasteiger partial charge < -0.3 is 10.1 Å². The molecule has 2 rings (SSSR count). The quantitative estimate of drug-likeness (QED) is 0.511. The molecule has 0 atom stereocenters. The third-order valence-electron chi connectivity index (χ3n) is 2.27. The van der Waals surface area contributed by atoms with E-state index in [9.17, 15) is 18.5 Å². The Labute approximate surface area is 124 Å². The summed E-state index contributed by atoms with van der Waals surface area (Å²) in [5, 5.41) is 10.6. The van der Waals surface area contributed by atoms with E-state index in [-0.39, 0.29) is 16.0 Å². The number of nitrogens with one attached hydrogen (secondary N) is 1. The van der Waals surface area contributed by atoms with E-state index in [1.54, 1.807) is 6.92 Å². The lowest BCUT2D eigenvalue weighted by Crippen LogP contribution is -2.15. The maximum absolute atomic E-state index is 12.1.